The molecule has 0 aliphatic rings. The Morgan fingerprint density at radius 3 is 2.69 bits per heavy atom. The third kappa shape index (κ3) is 2.39. The van der Waals surface area contributed by atoms with Gasteiger partial charge < -0.3 is 5.32 Å². The Morgan fingerprint density at radius 1 is 1.31 bits per heavy atom. The number of hydrogen-bond acceptors (Lipinski definition) is 4. The van der Waals surface area contributed by atoms with Gasteiger partial charge in [0.25, 0.3) is 0 Å². The molecule has 0 fully saturated rings. The summed E-state index contributed by atoms with van der Waals surface area (Å²) in [5.74, 6) is 0.903. The summed E-state index contributed by atoms with van der Waals surface area (Å²) in [4.78, 5) is 9.97. The lowest BCUT2D eigenvalue weighted by atomic mass is 10.2. The molecule has 2 heterocycles. The van der Waals surface area contributed by atoms with Gasteiger partial charge in [-0.05, 0) is 32.9 Å². The number of pyridine rings is 1. The van der Waals surface area contributed by atoms with Gasteiger partial charge in [0.1, 0.15) is 5.82 Å². The van der Waals surface area contributed by atoms with Gasteiger partial charge in [-0.15, -0.1) is 11.3 Å². The maximum Gasteiger partial charge on any atom is 0.126 e. The topological polar surface area (TPSA) is 37.8 Å². The number of thiazole rings is 1. The van der Waals surface area contributed by atoms with E-state index in [1.165, 1.54) is 4.88 Å². The second kappa shape index (κ2) is 4.61. The van der Waals surface area contributed by atoms with Crippen LogP contribution in [0.4, 0.5) is 5.82 Å². The van der Waals surface area contributed by atoms with Crippen LogP contribution in [-0.2, 0) is 0 Å². The van der Waals surface area contributed by atoms with Crippen LogP contribution in [0.25, 0.3) is 0 Å². The molecule has 2 rings (SSSR count). The van der Waals surface area contributed by atoms with Crippen molar-refractivity contribution in [3.8, 4) is 0 Å². The lowest BCUT2D eigenvalue weighted by molar-refractivity contribution is 0.880. The molecule has 1 atom stereocenters. The second-order valence-corrected chi connectivity index (χ2v) is 5.00. The van der Waals surface area contributed by atoms with Crippen LogP contribution in [0.2, 0.25) is 0 Å². The van der Waals surface area contributed by atoms with Crippen molar-refractivity contribution >= 4 is 17.2 Å². The SMILES string of the molecule is Cc1nc(C)c(C(C)Nc2ccccn2)s1. The van der Waals surface area contributed by atoms with Gasteiger partial charge in [0.05, 0.1) is 16.7 Å². The number of aryl methyl sites for hydroxylation is 2. The summed E-state index contributed by atoms with van der Waals surface area (Å²) >= 11 is 1.74. The van der Waals surface area contributed by atoms with E-state index in [0.29, 0.717) is 0 Å². The zero-order valence-electron chi connectivity index (χ0n) is 9.69. The normalized spacial score (nSPS) is 12.4. The van der Waals surface area contributed by atoms with Gasteiger partial charge in [0.15, 0.2) is 0 Å². The third-order valence-electron chi connectivity index (χ3n) is 2.36. The molecule has 4 heteroatoms. The summed E-state index contributed by atoms with van der Waals surface area (Å²) in [7, 11) is 0. The first-order chi connectivity index (χ1) is 7.66. The molecule has 0 saturated heterocycles. The van der Waals surface area contributed by atoms with Crippen molar-refractivity contribution in [2.75, 3.05) is 5.32 Å². The van der Waals surface area contributed by atoms with E-state index in [4.69, 9.17) is 0 Å². The molecule has 0 saturated carbocycles. The monoisotopic (exact) mass is 233 g/mol. The number of anilines is 1. The minimum absolute atomic E-state index is 0.251. The fourth-order valence-electron chi connectivity index (χ4n) is 1.68. The summed E-state index contributed by atoms with van der Waals surface area (Å²) in [6.45, 7) is 6.22. The van der Waals surface area contributed by atoms with Gasteiger partial charge in [-0.25, -0.2) is 9.97 Å². The quantitative estimate of drug-likeness (QED) is 0.883. The molecule has 2 aromatic heterocycles. The van der Waals surface area contributed by atoms with E-state index >= 15 is 0 Å². The first-order valence-corrected chi connectivity index (χ1v) is 6.10. The number of rotatable bonds is 3. The molecule has 0 aliphatic carbocycles. The molecule has 0 aliphatic heterocycles. The Kier molecular flexibility index (Phi) is 3.19. The average Bonchev–Trinajstić information content (AvgIpc) is 2.59. The van der Waals surface area contributed by atoms with E-state index in [1.54, 1.807) is 17.5 Å². The first-order valence-electron chi connectivity index (χ1n) is 5.28. The maximum absolute atomic E-state index is 4.43. The average molecular weight is 233 g/mol. The largest absolute Gasteiger partial charge is 0.363 e. The van der Waals surface area contributed by atoms with Gasteiger partial charge in [-0.1, -0.05) is 6.07 Å². The molecule has 0 bridgehead atoms. The predicted octanol–water partition coefficient (Wildman–Crippen LogP) is 3.33. The molecule has 3 nitrogen and oxygen atoms in total. The van der Waals surface area contributed by atoms with Crippen molar-refractivity contribution in [3.63, 3.8) is 0 Å². The Balaban J connectivity index is 2.14. The van der Waals surface area contributed by atoms with Gasteiger partial charge in [-0.2, -0.15) is 0 Å². The van der Waals surface area contributed by atoms with Crippen LogP contribution in [0.15, 0.2) is 24.4 Å². The summed E-state index contributed by atoms with van der Waals surface area (Å²) in [5.41, 5.74) is 1.11. The lowest BCUT2D eigenvalue weighted by Gasteiger charge is -2.13. The number of aromatic nitrogens is 2. The Morgan fingerprint density at radius 2 is 2.12 bits per heavy atom. The molecule has 0 amide bonds. The maximum atomic E-state index is 4.43. The highest BCUT2D eigenvalue weighted by Crippen LogP contribution is 2.26. The summed E-state index contributed by atoms with van der Waals surface area (Å²) in [6, 6.07) is 6.12. The van der Waals surface area contributed by atoms with E-state index in [-0.39, 0.29) is 6.04 Å². The smallest absolute Gasteiger partial charge is 0.126 e. The molecule has 16 heavy (non-hydrogen) atoms. The number of nitrogens with zero attached hydrogens (tertiary/aromatic N) is 2. The van der Waals surface area contributed by atoms with E-state index in [9.17, 15) is 0 Å². The lowest BCUT2D eigenvalue weighted by Crippen LogP contribution is -2.07. The van der Waals surface area contributed by atoms with Crippen molar-refractivity contribution in [3.05, 3.63) is 40.0 Å². The molecule has 1 N–H and O–H groups in total. The molecular weight excluding hydrogens is 218 g/mol. The van der Waals surface area contributed by atoms with Crippen LogP contribution in [0.1, 0.15) is 28.5 Å². The van der Waals surface area contributed by atoms with Crippen molar-refractivity contribution in [2.24, 2.45) is 0 Å². The van der Waals surface area contributed by atoms with Crippen molar-refractivity contribution in [1.82, 2.24) is 9.97 Å². The number of hydrogen-bond donors (Lipinski definition) is 1. The van der Waals surface area contributed by atoms with Gasteiger partial charge in [0.2, 0.25) is 0 Å². The van der Waals surface area contributed by atoms with E-state index in [1.807, 2.05) is 25.1 Å². The summed E-state index contributed by atoms with van der Waals surface area (Å²) < 4.78 is 0. The van der Waals surface area contributed by atoms with Crippen LogP contribution >= 0.6 is 11.3 Å². The minimum Gasteiger partial charge on any atom is -0.363 e. The standard InChI is InChI=1S/C12H15N3S/c1-8-12(16-10(3)14-8)9(2)15-11-6-4-5-7-13-11/h4-7,9H,1-3H3,(H,13,15). The summed E-state index contributed by atoms with van der Waals surface area (Å²) in [5, 5.41) is 4.48. The third-order valence-corrected chi connectivity index (χ3v) is 3.62. The van der Waals surface area contributed by atoms with E-state index in [2.05, 4.69) is 29.1 Å². The minimum atomic E-state index is 0.251. The second-order valence-electron chi connectivity index (χ2n) is 3.76. The first kappa shape index (κ1) is 11.1. The van der Waals surface area contributed by atoms with Crippen LogP contribution in [0.5, 0.6) is 0 Å². The van der Waals surface area contributed by atoms with Crippen LogP contribution in [0, 0.1) is 13.8 Å². The van der Waals surface area contributed by atoms with Gasteiger partial charge in [-0.3, -0.25) is 0 Å². The Hall–Kier alpha value is -1.42. The molecular formula is C12H15N3S. The van der Waals surface area contributed by atoms with Crippen molar-refractivity contribution < 1.29 is 0 Å². The van der Waals surface area contributed by atoms with Gasteiger partial charge >= 0.3 is 0 Å². The van der Waals surface area contributed by atoms with E-state index in [0.717, 1.165) is 16.5 Å². The van der Waals surface area contributed by atoms with E-state index < -0.39 is 0 Å². The van der Waals surface area contributed by atoms with Crippen molar-refractivity contribution in [1.29, 1.82) is 0 Å². The molecule has 2 aromatic rings. The predicted molar refractivity (Wildman–Crippen MR) is 67.9 cm³/mol. The van der Waals surface area contributed by atoms with Crippen LogP contribution in [-0.4, -0.2) is 9.97 Å². The highest BCUT2D eigenvalue weighted by atomic mass is 32.1. The molecule has 84 valence electrons. The van der Waals surface area contributed by atoms with Crippen molar-refractivity contribution in [2.45, 2.75) is 26.8 Å². The Labute approximate surface area is 99.6 Å². The van der Waals surface area contributed by atoms with Gasteiger partial charge in [0, 0.05) is 11.1 Å². The molecule has 1 unspecified atom stereocenters. The Bertz CT molecular complexity index is 464. The zero-order valence-corrected chi connectivity index (χ0v) is 10.5. The molecule has 0 aromatic carbocycles. The zero-order chi connectivity index (χ0) is 11.5. The summed E-state index contributed by atoms with van der Waals surface area (Å²) in [6.07, 6.45) is 1.79. The highest BCUT2D eigenvalue weighted by molar-refractivity contribution is 7.11. The molecule has 0 spiro atoms. The highest BCUT2D eigenvalue weighted by Gasteiger charge is 2.12. The fourth-order valence-corrected chi connectivity index (χ4v) is 2.61. The fraction of sp³-hybridized carbons (Fsp3) is 0.333. The number of nitrogens with one attached hydrogen (secondary N) is 1. The van der Waals surface area contributed by atoms with Crippen LogP contribution in [0.3, 0.4) is 0 Å². The molecule has 0 radical (unpaired) electrons. The van der Waals surface area contributed by atoms with Crippen LogP contribution < -0.4 is 5.32 Å².